The maximum atomic E-state index is 13.1. The maximum Gasteiger partial charge on any atom is 0.248 e. The van der Waals surface area contributed by atoms with Gasteiger partial charge >= 0.3 is 0 Å². The van der Waals surface area contributed by atoms with Crippen LogP contribution in [0.15, 0.2) is 0 Å². The highest BCUT2D eigenvalue weighted by atomic mass is 19.3. The van der Waals surface area contributed by atoms with Crippen molar-refractivity contribution in [2.75, 3.05) is 13.1 Å². The summed E-state index contributed by atoms with van der Waals surface area (Å²) in [5, 5.41) is 2.58. The Bertz CT molecular complexity index is 360. The van der Waals surface area contributed by atoms with Gasteiger partial charge < -0.3 is 10.2 Å². The van der Waals surface area contributed by atoms with Gasteiger partial charge in [0.2, 0.25) is 17.7 Å². The molecule has 0 spiro atoms. The zero-order valence-electron chi connectivity index (χ0n) is 10.4. The largest absolute Gasteiger partial charge is 0.345 e. The number of hydrogen-bond acceptors (Lipinski definition) is 2. The van der Waals surface area contributed by atoms with Gasteiger partial charge in [0, 0.05) is 32.4 Å². The van der Waals surface area contributed by atoms with Crippen molar-refractivity contribution in [3.63, 3.8) is 0 Å². The molecule has 1 saturated heterocycles. The molecule has 2 aliphatic rings. The number of nitrogens with zero attached hydrogens (tertiary/aromatic N) is 1. The standard InChI is InChI=1S/C12H18F2N2O2/c1-8-11(18)16(5-3-10(17)15-8)7-9-2-4-12(13,14)6-9/h8-9H,2-7H2,1H3,(H,15,17). The molecular weight excluding hydrogens is 242 g/mol. The Kier molecular flexibility index (Phi) is 3.54. The predicted octanol–water partition coefficient (Wildman–Crippen LogP) is 1.16. The normalized spacial score (nSPS) is 32.3. The molecule has 1 heterocycles. The molecule has 2 unspecified atom stereocenters. The summed E-state index contributed by atoms with van der Waals surface area (Å²) in [5.74, 6) is -3.06. The van der Waals surface area contributed by atoms with Crippen LogP contribution >= 0.6 is 0 Å². The second-order valence-electron chi connectivity index (χ2n) is 5.29. The highest BCUT2D eigenvalue weighted by Gasteiger charge is 2.40. The topological polar surface area (TPSA) is 49.4 Å². The average Bonchev–Trinajstić information content (AvgIpc) is 2.57. The first-order valence-corrected chi connectivity index (χ1v) is 6.33. The molecule has 6 heteroatoms. The summed E-state index contributed by atoms with van der Waals surface area (Å²) in [4.78, 5) is 24.8. The maximum absolute atomic E-state index is 13.1. The fraction of sp³-hybridized carbons (Fsp3) is 0.833. The zero-order chi connectivity index (χ0) is 13.3. The molecule has 4 nitrogen and oxygen atoms in total. The van der Waals surface area contributed by atoms with Crippen molar-refractivity contribution in [3.8, 4) is 0 Å². The Morgan fingerprint density at radius 3 is 2.78 bits per heavy atom. The van der Waals surface area contributed by atoms with E-state index in [1.807, 2.05) is 0 Å². The van der Waals surface area contributed by atoms with Gasteiger partial charge in [-0.1, -0.05) is 0 Å². The third-order valence-electron chi connectivity index (χ3n) is 3.65. The van der Waals surface area contributed by atoms with Crippen molar-refractivity contribution in [3.05, 3.63) is 0 Å². The van der Waals surface area contributed by atoms with Crippen molar-refractivity contribution >= 4 is 11.8 Å². The van der Waals surface area contributed by atoms with Gasteiger partial charge in [-0.05, 0) is 19.3 Å². The van der Waals surface area contributed by atoms with Crippen molar-refractivity contribution < 1.29 is 18.4 Å². The lowest BCUT2D eigenvalue weighted by molar-refractivity contribution is -0.133. The quantitative estimate of drug-likeness (QED) is 0.810. The first-order chi connectivity index (χ1) is 8.37. The van der Waals surface area contributed by atoms with Gasteiger partial charge in [-0.2, -0.15) is 0 Å². The zero-order valence-corrected chi connectivity index (χ0v) is 10.4. The van der Waals surface area contributed by atoms with Gasteiger partial charge in [0.1, 0.15) is 6.04 Å². The minimum Gasteiger partial charge on any atom is -0.345 e. The van der Waals surface area contributed by atoms with Crippen LogP contribution in [0.1, 0.15) is 32.6 Å². The number of alkyl halides is 2. The number of carbonyl (C=O) groups is 2. The molecule has 0 aromatic heterocycles. The summed E-state index contributed by atoms with van der Waals surface area (Å²) >= 11 is 0. The van der Waals surface area contributed by atoms with E-state index in [0.29, 0.717) is 19.5 Å². The lowest BCUT2D eigenvalue weighted by Gasteiger charge is -2.25. The average molecular weight is 260 g/mol. The lowest BCUT2D eigenvalue weighted by atomic mass is 10.1. The van der Waals surface area contributed by atoms with Crippen molar-refractivity contribution in [1.29, 1.82) is 0 Å². The molecular formula is C12H18F2N2O2. The van der Waals surface area contributed by atoms with Crippen LogP contribution in [0, 0.1) is 5.92 Å². The fourth-order valence-corrected chi connectivity index (χ4v) is 2.69. The lowest BCUT2D eigenvalue weighted by Crippen LogP contribution is -2.44. The number of halogens is 2. The summed E-state index contributed by atoms with van der Waals surface area (Å²) < 4.78 is 26.2. The highest BCUT2D eigenvalue weighted by molar-refractivity contribution is 5.89. The Morgan fingerprint density at radius 1 is 1.44 bits per heavy atom. The molecule has 0 bridgehead atoms. The first-order valence-electron chi connectivity index (χ1n) is 6.33. The molecule has 2 rings (SSSR count). The SMILES string of the molecule is CC1NC(=O)CCN(CC2CCC(F)(F)C2)C1=O. The van der Waals surface area contributed by atoms with Gasteiger partial charge in [-0.3, -0.25) is 9.59 Å². The van der Waals surface area contributed by atoms with E-state index < -0.39 is 12.0 Å². The Balaban J connectivity index is 1.96. The summed E-state index contributed by atoms with van der Waals surface area (Å²) in [6, 6.07) is -0.554. The Labute approximate surface area is 105 Å². The van der Waals surface area contributed by atoms with E-state index in [9.17, 15) is 18.4 Å². The van der Waals surface area contributed by atoms with E-state index in [4.69, 9.17) is 0 Å². The summed E-state index contributed by atoms with van der Waals surface area (Å²) in [5.41, 5.74) is 0. The molecule has 102 valence electrons. The third kappa shape index (κ3) is 2.97. The van der Waals surface area contributed by atoms with Crippen LogP contribution in [0.4, 0.5) is 8.78 Å². The molecule has 1 saturated carbocycles. The monoisotopic (exact) mass is 260 g/mol. The molecule has 18 heavy (non-hydrogen) atoms. The van der Waals surface area contributed by atoms with Crippen LogP contribution in [-0.4, -0.2) is 41.8 Å². The van der Waals surface area contributed by atoms with Gasteiger partial charge in [0.15, 0.2) is 0 Å². The predicted molar refractivity (Wildman–Crippen MR) is 61.1 cm³/mol. The fourth-order valence-electron chi connectivity index (χ4n) is 2.69. The van der Waals surface area contributed by atoms with Crippen molar-refractivity contribution in [1.82, 2.24) is 10.2 Å². The molecule has 0 aromatic rings. The summed E-state index contributed by atoms with van der Waals surface area (Å²) in [7, 11) is 0. The van der Waals surface area contributed by atoms with E-state index in [1.165, 1.54) is 0 Å². The highest BCUT2D eigenvalue weighted by Crippen LogP contribution is 2.39. The second-order valence-corrected chi connectivity index (χ2v) is 5.29. The van der Waals surface area contributed by atoms with Gasteiger partial charge in [-0.15, -0.1) is 0 Å². The van der Waals surface area contributed by atoms with Crippen LogP contribution in [0.2, 0.25) is 0 Å². The van der Waals surface area contributed by atoms with Crippen molar-refractivity contribution in [2.24, 2.45) is 5.92 Å². The first kappa shape index (κ1) is 13.2. The van der Waals surface area contributed by atoms with Crippen LogP contribution in [0.5, 0.6) is 0 Å². The van der Waals surface area contributed by atoms with E-state index >= 15 is 0 Å². The molecule has 1 N–H and O–H groups in total. The van der Waals surface area contributed by atoms with Gasteiger partial charge in [-0.25, -0.2) is 8.78 Å². The number of rotatable bonds is 2. The number of carbonyl (C=O) groups excluding carboxylic acids is 2. The number of nitrogens with one attached hydrogen (secondary N) is 1. The van der Waals surface area contributed by atoms with Crippen LogP contribution in [0.25, 0.3) is 0 Å². The van der Waals surface area contributed by atoms with Gasteiger partial charge in [0.25, 0.3) is 0 Å². The molecule has 0 radical (unpaired) electrons. The number of amides is 2. The molecule has 2 amide bonds. The molecule has 0 aromatic carbocycles. The van der Waals surface area contributed by atoms with Crippen LogP contribution in [-0.2, 0) is 9.59 Å². The molecule has 2 fully saturated rings. The minimum atomic E-state index is -2.58. The van der Waals surface area contributed by atoms with Crippen LogP contribution < -0.4 is 5.32 Å². The Hall–Kier alpha value is -1.20. The van der Waals surface area contributed by atoms with Gasteiger partial charge in [0.05, 0.1) is 0 Å². The molecule has 1 aliphatic heterocycles. The van der Waals surface area contributed by atoms with E-state index in [2.05, 4.69) is 5.32 Å². The third-order valence-corrected chi connectivity index (χ3v) is 3.65. The summed E-state index contributed by atoms with van der Waals surface area (Å²) in [6.45, 7) is 2.30. The van der Waals surface area contributed by atoms with Crippen LogP contribution in [0.3, 0.4) is 0 Å². The minimum absolute atomic E-state index is 0.0908. The van der Waals surface area contributed by atoms with E-state index in [-0.39, 0.29) is 37.0 Å². The number of hydrogen-bond donors (Lipinski definition) is 1. The molecule has 2 atom stereocenters. The Morgan fingerprint density at radius 2 is 2.17 bits per heavy atom. The summed E-state index contributed by atoms with van der Waals surface area (Å²) in [6.07, 6.45) is 0.463. The molecule has 1 aliphatic carbocycles. The second kappa shape index (κ2) is 4.82. The van der Waals surface area contributed by atoms with E-state index in [0.717, 1.165) is 0 Å². The smallest absolute Gasteiger partial charge is 0.248 e. The van der Waals surface area contributed by atoms with Crippen molar-refractivity contribution in [2.45, 2.75) is 44.6 Å². The van der Waals surface area contributed by atoms with E-state index in [1.54, 1.807) is 11.8 Å².